The molecule has 2 heterocycles. The summed E-state index contributed by atoms with van der Waals surface area (Å²) in [4.78, 5) is 26.3. The SMILES string of the molecule is CC1CCN(C(=O)c2cc(Oc3n[nH]c(=O)c4ccccc34)ccc2F)CC1. The smallest absolute Gasteiger partial charge is 0.272 e. The van der Waals surface area contributed by atoms with Crippen molar-refractivity contribution in [2.45, 2.75) is 19.8 Å². The zero-order chi connectivity index (χ0) is 19.7. The summed E-state index contributed by atoms with van der Waals surface area (Å²) < 4.78 is 20.1. The first-order chi connectivity index (χ1) is 13.5. The number of amides is 1. The Morgan fingerprint density at radius 2 is 1.89 bits per heavy atom. The van der Waals surface area contributed by atoms with E-state index in [0.717, 1.165) is 12.8 Å². The summed E-state index contributed by atoms with van der Waals surface area (Å²) in [6.45, 7) is 3.39. The highest BCUT2D eigenvalue weighted by molar-refractivity contribution is 5.95. The van der Waals surface area contributed by atoms with Gasteiger partial charge in [0.05, 0.1) is 16.3 Å². The molecule has 0 unspecified atom stereocenters. The van der Waals surface area contributed by atoms with E-state index in [0.29, 0.717) is 29.8 Å². The van der Waals surface area contributed by atoms with Crippen molar-refractivity contribution in [3.8, 4) is 11.6 Å². The molecule has 28 heavy (non-hydrogen) atoms. The van der Waals surface area contributed by atoms with Crippen LogP contribution in [0.2, 0.25) is 0 Å². The van der Waals surface area contributed by atoms with Gasteiger partial charge in [-0.2, -0.15) is 0 Å². The Balaban J connectivity index is 1.64. The van der Waals surface area contributed by atoms with Gasteiger partial charge in [0.1, 0.15) is 11.6 Å². The summed E-state index contributed by atoms with van der Waals surface area (Å²) in [6.07, 6.45) is 1.83. The lowest BCUT2D eigenvalue weighted by Gasteiger charge is -2.30. The first kappa shape index (κ1) is 18.2. The summed E-state index contributed by atoms with van der Waals surface area (Å²) in [7, 11) is 0. The number of likely N-dealkylation sites (tertiary alicyclic amines) is 1. The fourth-order valence-corrected chi connectivity index (χ4v) is 3.39. The number of carbonyl (C=O) groups excluding carboxylic acids is 1. The second-order valence-electron chi connectivity index (χ2n) is 7.12. The molecule has 0 bridgehead atoms. The summed E-state index contributed by atoms with van der Waals surface area (Å²) >= 11 is 0. The highest BCUT2D eigenvalue weighted by Gasteiger charge is 2.24. The van der Waals surface area contributed by atoms with Crippen LogP contribution in [0.3, 0.4) is 0 Å². The lowest BCUT2D eigenvalue weighted by Crippen LogP contribution is -2.38. The number of fused-ring (bicyclic) bond motifs is 1. The van der Waals surface area contributed by atoms with Gasteiger partial charge in [-0.05, 0) is 49.1 Å². The van der Waals surface area contributed by atoms with Gasteiger partial charge in [-0.3, -0.25) is 9.59 Å². The fourth-order valence-electron chi connectivity index (χ4n) is 3.39. The number of aromatic amines is 1. The molecule has 7 heteroatoms. The number of piperidine rings is 1. The van der Waals surface area contributed by atoms with Crippen LogP contribution in [0.25, 0.3) is 10.8 Å². The van der Waals surface area contributed by atoms with Gasteiger partial charge in [-0.1, -0.05) is 19.1 Å². The number of aromatic nitrogens is 2. The molecule has 1 aliphatic rings. The molecule has 1 fully saturated rings. The van der Waals surface area contributed by atoms with Gasteiger partial charge in [0.2, 0.25) is 5.88 Å². The van der Waals surface area contributed by atoms with Gasteiger partial charge in [0, 0.05) is 13.1 Å². The third-order valence-corrected chi connectivity index (χ3v) is 5.11. The molecule has 1 aromatic heterocycles. The summed E-state index contributed by atoms with van der Waals surface area (Å²) in [5.74, 6) is 0.111. The van der Waals surface area contributed by atoms with Crippen molar-refractivity contribution in [2.75, 3.05) is 13.1 Å². The van der Waals surface area contributed by atoms with E-state index in [2.05, 4.69) is 17.1 Å². The van der Waals surface area contributed by atoms with Gasteiger partial charge in [-0.25, -0.2) is 9.49 Å². The van der Waals surface area contributed by atoms with Crippen LogP contribution in [0.15, 0.2) is 47.3 Å². The highest BCUT2D eigenvalue weighted by Crippen LogP contribution is 2.28. The minimum atomic E-state index is -0.588. The van der Waals surface area contributed by atoms with Crippen LogP contribution in [-0.2, 0) is 0 Å². The number of H-pyrrole nitrogens is 1. The van der Waals surface area contributed by atoms with Crippen LogP contribution in [0.5, 0.6) is 11.6 Å². The Kier molecular flexibility index (Phi) is 4.81. The maximum atomic E-state index is 14.3. The number of rotatable bonds is 3. The molecule has 1 aliphatic heterocycles. The quantitative estimate of drug-likeness (QED) is 0.750. The number of nitrogens with one attached hydrogen (secondary N) is 1. The third-order valence-electron chi connectivity index (χ3n) is 5.11. The number of carbonyl (C=O) groups is 1. The van der Waals surface area contributed by atoms with Crippen molar-refractivity contribution >= 4 is 16.7 Å². The molecule has 6 nitrogen and oxygen atoms in total. The van der Waals surface area contributed by atoms with E-state index >= 15 is 0 Å². The molecule has 4 rings (SSSR count). The van der Waals surface area contributed by atoms with Crippen LogP contribution >= 0.6 is 0 Å². The maximum Gasteiger partial charge on any atom is 0.272 e. The maximum absolute atomic E-state index is 14.3. The zero-order valence-corrected chi connectivity index (χ0v) is 15.4. The molecule has 0 saturated carbocycles. The van der Waals surface area contributed by atoms with Crippen LogP contribution < -0.4 is 10.3 Å². The number of hydrogen-bond donors (Lipinski definition) is 1. The molecule has 0 radical (unpaired) electrons. The van der Waals surface area contributed by atoms with Gasteiger partial charge in [0.15, 0.2) is 0 Å². The Hall–Kier alpha value is -3.22. The van der Waals surface area contributed by atoms with Crippen LogP contribution in [0.1, 0.15) is 30.1 Å². The Bertz CT molecular complexity index is 1090. The summed E-state index contributed by atoms with van der Waals surface area (Å²) in [6, 6.07) is 10.9. The molecule has 3 aromatic rings. The predicted molar refractivity (Wildman–Crippen MR) is 103 cm³/mol. The lowest BCUT2D eigenvalue weighted by atomic mass is 9.98. The number of halogens is 1. The van der Waals surface area contributed by atoms with Crippen molar-refractivity contribution in [3.05, 3.63) is 64.2 Å². The Morgan fingerprint density at radius 1 is 1.18 bits per heavy atom. The number of hydrogen-bond acceptors (Lipinski definition) is 4. The third kappa shape index (κ3) is 3.47. The van der Waals surface area contributed by atoms with Gasteiger partial charge in [-0.15, -0.1) is 5.10 Å². The van der Waals surface area contributed by atoms with E-state index in [1.54, 1.807) is 29.2 Å². The molecule has 2 aromatic carbocycles. The van der Waals surface area contributed by atoms with E-state index < -0.39 is 5.82 Å². The standard InChI is InChI=1S/C21H20FN3O3/c1-13-8-10-25(11-9-13)21(27)17-12-14(6-7-18(17)22)28-20-16-5-3-2-4-15(16)19(26)23-24-20/h2-7,12-13H,8-11H2,1H3,(H,23,26). The average molecular weight is 381 g/mol. The van der Waals surface area contributed by atoms with E-state index in [-0.39, 0.29) is 28.7 Å². The number of ether oxygens (including phenoxy) is 1. The number of benzene rings is 2. The van der Waals surface area contributed by atoms with Crippen LogP contribution in [0, 0.1) is 11.7 Å². The average Bonchev–Trinajstić information content (AvgIpc) is 2.72. The topological polar surface area (TPSA) is 75.3 Å². The molecule has 0 aliphatic carbocycles. The van der Waals surface area contributed by atoms with Gasteiger partial charge >= 0.3 is 0 Å². The monoisotopic (exact) mass is 381 g/mol. The molecule has 0 atom stereocenters. The van der Waals surface area contributed by atoms with Crippen molar-refractivity contribution in [1.82, 2.24) is 15.1 Å². The molecule has 0 spiro atoms. The van der Waals surface area contributed by atoms with E-state index in [1.165, 1.54) is 18.2 Å². The van der Waals surface area contributed by atoms with Crippen molar-refractivity contribution in [2.24, 2.45) is 5.92 Å². The number of nitrogens with zero attached hydrogens (tertiary/aromatic N) is 2. The molecule has 1 N–H and O–H groups in total. The molecular weight excluding hydrogens is 361 g/mol. The second-order valence-corrected chi connectivity index (χ2v) is 7.12. The summed E-state index contributed by atoms with van der Waals surface area (Å²) in [5.41, 5.74) is -0.349. The largest absolute Gasteiger partial charge is 0.437 e. The van der Waals surface area contributed by atoms with Crippen molar-refractivity contribution in [3.63, 3.8) is 0 Å². The van der Waals surface area contributed by atoms with Crippen molar-refractivity contribution < 1.29 is 13.9 Å². The summed E-state index contributed by atoms with van der Waals surface area (Å²) in [5, 5.41) is 7.31. The van der Waals surface area contributed by atoms with Gasteiger partial charge in [0.25, 0.3) is 11.5 Å². The molecular formula is C21H20FN3O3. The fraction of sp³-hybridized carbons (Fsp3) is 0.286. The predicted octanol–water partition coefficient (Wildman–Crippen LogP) is 3.73. The second kappa shape index (κ2) is 7.42. The van der Waals surface area contributed by atoms with E-state index in [9.17, 15) is 14.0 Å². The van der Waals surface area contributed by atoms with Gasteiger partial charge < -0.3 is 9.64 Å². The van der Waals surface area contributed by atoms with Crippen LogP contribution in [-0.4, -0.2) is 34.1 Å². The molecule has 1 saturated heterocycles. The highest BCUT2D eigenvalue weighted by atomic mass is 19.1. The van der Waals surface area contributed by atoms with E-state index in [1.807, 2.05) is 0 Å². The zero-order valence-electron chi connectivity index (χ0n) is 15.4. The molecule has 144 valence electrons. The minimum Gasteiger partial charge on any atom is -0.437 e. The minimum absolute atomic E-state index is 0.0271. The Labute approximate surface area is 160 Å². The first-order valence-corrected chi connectivity index (χ1v) is 9.27. The van der Waals surface area contributed by atoms with Crippen molar-refractivity contribution in [1.29, 1.82) is 0 Å². The van der Waals surface area contributed by atoms with E-state index in [4.69, 9.17) is 4.74 Å². The normalized spacial score (nSPS) is 15.0. The van der Waals surface area contributed by atoms with Crippen LogP contribution in [0.4, 0.5) is 4.39 Å². The lowest BCUT2D eigenvalue weighted by molar-refractivity contribution is 0.0692. The first-order valence-electron chi connectivity index (χ1n) is 9.27. The molecule has 1 amide bonds. The Morgan fingerprint density at radius 3 is 2.64 bits per heavy atom.